The van der Waals surface area contributed by atoms with Crippen molar-refractivity contribution < 1.29 is 9.18 Å². The van der Waals surface area contributed by atoms with Gasteiger partial charge in [-0.25, -0.2) is 4.39 Å². The summed E-state index contributed by atoms with van der Waals surface area (Å²) in [5.41, 5.74) is 7.80. The van der Waals surface area contributed by atoms with Crippen LogP contribution in [0, 0.1) is 11.7 Å². The third-order valence-electron chi connectivity index (χ3n) is 5.44. The maximum atomic E-state index is 13.1. The molecule has 2 aromatic rings. The van der Waals surface area contributed by atoms with E-state index in [1.807, 2.05) is 6.07 Å². The molecule has 168 valence electrons. The van der Waals surface area contributed by atoms with Gasteiger partial charge in [0.2, 0.25) is 5.91 Å². The van der Waals surface area contributed by atoms with Crippen LogP contribution >= 0.6 is 24.0 Å². The second kappa shape index (κ2) is 12.6. The first-order valence-corrected chi connectivity index (χ1v) is 10.3. The average Bonchev–Trinajstić information content (AvgIpc) is 2.76. The molecule has 1 amide bonds. The van der Waals surface area contributed by atoms with Crippen molar-refractivity contribution in [2.45, 2.75) is 13.0 Å². The van der Waals surface area contributed by atoms with E-state index in [1.54, 1.807) is 19.2 Å². The maximum absolute atomic E-state index is 13.1. The fourth-order valence-electron chi connectivity index (χ4n) is 3.68. The number of halogens is 2. The summed E-state index contributed by atoms with van der Waals surface area (Å²) in [5, 5.41) is 3.30. The Morgan fingerprint density at radius 2 is 1.71 bits per heavy atom. The predicted molar refractivity (Wildman–Crippen MR) is 133 cm³/mol. The van der Waals surface area contributed by atoms with Gasteiger partial charge in [-0.2, -0.15) is 0 Å². The molecule has 1 heterocycles. The summed E-state index contributed by atoms with van der Waals surface area (Å²) >= 11 is 0. The normalized spacial score (nSPS) is 15.8. The van der Waals surface area contributed by atoms with Crippen molar-refractivity contribution in [3.05, 3.63) is 71.5 Å². The monoisotopic (exact) mass is 539 g/mol. The number of rotatable bonds is 7. The third kappa shape index (κ3) is 7.77. The van der Waals surface area contributed by atoms with Crippen molar-refractivity contribution in [3.8, 4) is 0 Å². The van der Waals surface area contributed by atoms with Gasteiger partial charge in [0.05, 0.1) is 5.92 Å². The van der Waals surface area contributed by atoms with Crippen LogP contribution in [0.4, 0.5) is 4.39 Å². The number of carbonyl (C=O) groups is 1. The molecule has 3 rings (SSSR count). The van der Waals surface area contributed by atoms with E-state index >= 15 is 0 Å². The molecule has 6 nitrogen and oxygen atoms in total. The molecule has 0 bridgehead atoms. The molecule has 0 radical (unpaired) electrons. The first kappa shape index (κ1) is 25.1. The Hall–Kier alpha value is -2.20. The molecule has 1 unspecified atom stereocenters. The second-order valence-corrected chi connectivity index (χ2v) is 7.61. The Labute approximate surface area is 200 Å². The zero-order valence-corrected chi connectivity index (χ0v) is 20.2. The minimum Gasteiger partial charge on any atom is -0.369 e. The number of nitrogens with zero attached hydrogens (tertiary/aromatic N) is 3. The predicted octanol–water partition coefficient (Wildman–Crippen LogP) is 2.48. The van der Waals surface area contributed by atoms with Gasteiger partial charge in [0.15, 0.2) is 5.96 Å². The number of aliphatic imine (C=N–C) groups is 1. The van der Waals surface area contributed by atoms with E-state index < -0.39 is 5.92 Å². The highest BCUT2D eigenvalue weighted by molar-refractivity contribution is 14.0. The lowest BCUT2D eigenvalue weighted by Crippen LogP contribution is -2.53. The summed E-state index contributed by atoms with van der Waals surface area (Å²) < 4.78 is 13.1. The number of nitrogens with two attached hydrogens (primary N) is 1. The van der Waals surface area contributed by atoms with E-state index in [9.17, 15) is 9.18 Å². The Balaban J connectivity index is 0.00000341. The highest BCUT2D eigenvalue weighted by Crippen LogP contribution is 2.11. The first-order chi connectivity index (χ1) is 14.5. The van der Waals surface area contributed by atoms with E-state index in [4.69, 9.17) is 5.73 Å². The fourth-order valence-corrected chi connectivity index (χ4v) is 3.68. The van der Waals surface area contributed by atoms with Gasteiger partial charge in [-0.05, 0) is 29.7 Å². The van der Waals surface area contributed by atoms with Crippen LogP contribution in [0.1, 0.15) is 11.1 Å². The molecule has 1 aliphatic heterocycles. The maximum Gasteiger partial charge on any atom is 0.222 e. The largest absolute Gasteiger partial charge is 0.369 e. The third-order valence-corrected chi connectivity index (χ3v) is 5.44. The molecular formula is C23H31FIN5O. The average molecular weight is 539 g/mol. The topological polar surface area (TPSA) is 74.0 Å². The second-order valence-electron chi connectivity index (χ2n) is 7.61. The lowest BCUT2D eigenvalue weighted by molar-refractivity contribution is -0.121. The van der Waals surface area contributed by atoms with Crippen molar-refractivity contribution in [3.63, 3.8) is 0 Å². The minimum atomic E-state index is -0.397. The number of piperazine rings is 1. The molecule has 0 aliphatic carbocycles. The molecule has 2 aromatic carbocycles. The SMILES string of the molecule is CN=C(NCC(Cc1ccc(F)cc1)C(N)=O)N1CCN(Cc2ccccc2)CC1.I. The Kier molecular flexibility index (Phi) is 10.2. The molecule has 1 aliphatic rings. The first-order valence-electron chi connectivity index (χ1n) is 10.3. The van der Waals surface area contributed by atoms with E-state index in [-0.39, 0.29) is 35.7 Å². The van der Waals surface area contributed by atoms with Crippen LogP contribution in [0.25, 0.3) is 0 Å². The van der Waals surface area contributed by atoms with E-state index in [2.05, 4.69) is 44.4 Å². The molecule has 0 aromatic heterocycles. The summed E-state index contributed by atoms with van der Waals surface area (Å²) in [6, 6.07) is 16.6. The van der Waals surface area contributed by atoms with Gasteiger partial charge in [0.1, 0.15) is 5.82 Å². The van der Waals surface area contributed by atoms with Crippen LogP contribution in [-0.4, -0.2) is 61.4 Å². The lowest BCUT2D eigenvalue weighted by atomic mass is 9.98. The number of benzene rings is 2. The summed E-state index contributed by atoms with van der Waals surface area (Å²) in [6.07, 6.45) is 0.463. The Morgan fingerprint density at radius 1 is 1.06 bits per heavy atom. The molecule has 0 saturated carbocycles. The molecule has 1 saturated heterocycles. The van der Waals surface area contributed by atoms with E-state index in [0.29, 0.717) is 13.0 Å². The van der Waals surface area contributed by atoms with Crippen molar-refractivity contribution >= 4 is 35.8 Å². The van der Waals surface area contributed by atoms with Gasteiger partial charge >= 0.3 is 0 Å². The minimum absolute atomic E-state index is 0. The molecule has 1 fully saturated rings. The molecule has 3 N–H and O–H groups in total. The standard InChI is InChI=1S/C23H30FN5O.HI/c1-26-23(27-16-20(22(25)30)15-18-7-9-21(24)10-8-18)29-13-11-28(12-14-29)17-19-5-3-2-4-6-19;/h2-10,20H,11-17H2,1H3,(H2,25,30)(H,26,27);1H. The summed E-state index contributed by atoms with van der Waals surface area (Å²) in [4.78, 5) is 20.9. The molecule has 1 atom stereocenters. The van der Waals surface area contributed by atoms with Gasteiger partial charge in [0, 0.05) is 46.3 Å². The molecular weight excluding hydrogens is 508 g/mol. The Bertz CT molecular complexity index is 839. The number of guanidine groups is 1. The summed E-state index contributed by atoms with van der Waals surface area (Å²) in [6.45, 7) is 4.97. The number of primary amides is 1. The van der Waals surface area contributed by atoms with Crippen LogP contribution in [0.2, 0.25) is 0 Å². The molecule has 8 heteroatoms. The fraction of sp³-hybridized carbons (Fsp3) is 0.391. The summed E-state index contributed by atoms with van der Waals surface area (Å²) in [5.74, 6) is -0.291. The van der Waals surface area contributed by atoms with Crippen molar-refractivity contribution in [2.24, 2.45) is 16.6 Å². The van der Waals surface area contributed by atoms with Crippen LogP contribution in [0.3, 0.4) is 0 Å². The highest BCUT2D eigenvalue weighted by Gasteiger charge is 2.22. The van der Waals surface area contributed by atoms with Crippen LogP contribution < -0.4 is 11.1 Å². The van der Waals surface area contributed by atoms with Gasteiger partial charge in [-0.3, -0.25) is 14.7 Å². The van der Waals surface area contributed by atoms with Gasteiger partial charge in [-0.15, -0.1) is 24.0 Å². The Morgan fingerprint density at radius 3 is 2.29 bits per heavy atom. The number of nitrogens with one attached hydrogen (secondary N) is 1. The number of hydrogen-bond donors (Lipinski definition) is 2. The van der Waals surface area contributed by atoms with Gasteiger partial charge in [-0.1, -0.05) is 42.5 Å². The van der Waals surface area contributed by atoms with Crippen LogP contribution in [0.5, 0.6) is 0 Å². The van der Waals surface area contributed by atoms with Crippen molar-refractivity contribution in [2.75, 3.05) is 39.8 Å². The van der Waals surface area contributed by atoms with E-state index in [1.165, 1.54) is 17.7 Å². The van der Waals surface area contributed by atoms with Crippen molar-refractivity contribution in [1.29, 1.82) is 0 Å². The van der Waals surface area contributed by atoms with Crippen LogP contribution in [-0.2, 0) is 17.8 Å². The van der Waals surface area contributed by atoms with E-state index in [0.717, 1.165) is 44.2 Å². The number of amides is 1. The quantitative estimate of drug-likeness (QED) is 0.322. The summed E-state index contributed by atoms with van der Waals surface area (Å²) in [7, 11) is 1.75. The van der Waals surface area contributed by atoms with Gasteiger partial charge in [0.25, 0.3) is 0 Å². The highest BCUT2D eigenvalue weighted by atomic mass is 127. The van der Waals surface area contributed by atoms with Gasteiger partial charge < -0.3 is 16.0 Å². The number of hydrogen-bond acceptors (Lipinski definition) is 3. The molecule has 0 spiro atoms. The number of carbonyl (C=O) groups excluding carboxylic acids is 1. The lowest BCUT2D eigenvalue weighted by Gasteiger charge is -2.36. The smallest absolute Gasteiger partial charge is 0.222 e. The van der Waals surface area contributed by atoms with Crippen molar-refractivity contribution in [1.82, 2.24) is 15.1 Å². The zero-order chi connectivity index (χ0) is 21.3. The van der Waals surface area contributed by atoms with Crippen LogP contribution in [0.15, 0.2) is 59.6 Å². The zero-order valence-electron chi connectivity index (χ0n) is 17.8. The molecule has 31 heavy (non-hydrogen) atoms.